The Morgan fingerprint density at radius 1 is 1.47 bits per heavy atom. The average molecular weight is 276 g/mol. The Labute approximate surface area is 93.2 Å². The molecule has 80 valence electrons. The maximum Gasteiger partial charge on any atom is 0.322 e. The van der Waals surface area contributed by atoms with Gasteiger partial charge in [0.25, 0.3) is 5.91 Å². The van der Waals surface area contributed by atoms with Crippen LogP contribution in [-0.2, 0) is 4.79 Å². The predicted octanol–water partition coefficient (Wildman–Crippen LogP) is 1.40. The second kappa shape index (κ2) is 4.88. The first-order valence-electron chi connectivity index (χ1n) is 3.95. The van der Waals surface area contributed by atoms with Crippen molar-refractivity contribution in [3.8, 4) is 0 Å². The van der Waals surface area contributed by atoms with Gasteiger partial charge in [0.15, 0.2) is 0 Å². The lowest BCUT2D eigenvalue weighted by Gasteiger charge is -2.02. The summed E-state index contributed by atoms with van der Waals surface area (Å²) in [6.07, 6.45) is 0. The first-order chi connectivity index (χ1) is 7.00. The normalized spacial score (nSPS) is 9.73. The van der Waals surface area contributed by atoms with Crippen molar-refractivity contribution < 1.29 is 19.1 Å². The molecule has 0 spiro atoms. The van der Waals surface area contributed by atoms with E-state index in [0.29, 0.717) is 0 Å². The highest BCUT2D eigenvalue weighted by molar-refractivity contribution is 9.10. The highest BCUT2D eigenvalue weighted by atomic mass is 79.9. The van der Waals surface area contributed by atoms with Crippen LogP contribution in [0.4, 0.5) is 4.39 Å². The molecule has 0 radical (unpaired) electrons. The number of carbonyl (C=O) groups excluding carboxylic acids is 1. The molecule has 0 atom stereocenters. The van der Waals surface area contributed by atoms with E-state index in [1.165, 1.54) is 12.1 Å². The lowest BCUT2D eigenvalue weighted by atomic mass is 10.2. The van der Waals surface area contributed by atoms with Crippen LogP contribution in [0.5, 0.6) is 0 Å². The molecule has 0 unspecified atom stereocenters. The summed E-state index contributed by atoms with van der Waals surface area (Å²) in [5.41, 5.74) is 0.0805. The summed E-state index contributed by atoms with van der Waals surface area (Å²) in [5, 5.41) is 10.4. The van der Waals surface area contributed by atoms with Gasteiger partial charge in [-0.3, -0.25) is 9.59 Å². The van der Waals surface area contributed by atoms with Gasteiger partial charge in [0.1, 0.15) is 12.4 Å². The maximum atomic E-state index is 13.0. The number of halogens is 2. The molecule has 1 aromatic carbocycles. The molecule has 0 saturated heterocycles. The van der Waals surface area contributed by atoms with Crippen LogP contribution < -0.4 is 5.32 Å². The van der Waals surface area contributed by atoms with Crippen molar-refractivity contribution in [3.63, 3.8) is 0 Å². The Kier molecular flexibility index (Phi) is 3.79. The van der Waals surface area contributed by atoms with Crippen LogP contribution in [0.3, 0.4) is 0 Å². The van der Waals surface area contributed by atoms with Gasteiger partial charge in [-0.1, -0.05) is 0 Å². The van der Waals surface area contributed by atoms with E-state index in [9.17, 15) is 14.0 Å². The number of hydrogen-bond acceptors (Lipinski definition) is 2. The predicted molar refractivity (Wildman–Crippen MR) is 54.1 cm³/mol. The maximum absolute atomic E-state index is 13.0. The summed E-state index contributed by atoms with van der Waals surface area (Å²) in [7, 11) is 0. The zero-order valence-electron chi connectivity index (χ0n) is 7.46. The Balaban J connectivity index is 2.74. The molecule has 1 amide bonds. The molecule has 1 rings (SSSR count). The van der Waals surface area contributed by atoms with Gasteiger partial charge in [-0.15, -0.1) is 0 Å². The lowest BCUT2D eigenvalue weighted by molar-refractivity contribution is -0.135. The number of benzene rings is 1. The van der Waals surface area contributed by atoms with Gasteiger partial charge >= 0.3 is 5.97 Å². The van der Waals surface area contributed by atoms with Crippen LogP contribution >= 0.6 is 15.9 Å². The molecule has 0 heterocycles. The number of aliphatic carboxylic acids is 1. The molecular weight excluding hydrogens is 269 g/mol. The summed E-state index contributed by atoms with van der Waals surface area (Å²) in [6, 6.07) is 3.80. The average Bonchev–Trinajstić information content (AvgIpc) is 2.18. The fraction of sp³-hybridized carbons (Fsp3) is 0.111. The zero-order valence-corrected chi connectivity index (χ0v) is 9.04. The molecule has 6 heteroatoms. The van der Waals surface area contributed by atoms with Gasteiger partial charge in [0.05, 0.1) is 4.47 Å². The summed E-state index contributed by atoms with van der Waals surface area (Å²) < 4.78 is 13.2. The summed E-state index contributed by atoms with van der Waals surface area (Å²) in [5.74, 6) is -2.34. The lowest BCUT2D eigenvalue weighted by Crippen LogP contribution is -2.29. The number of rotatable bonds is 3. The molecule has 2 N–H and O–H groups in total. The van der Waals surface area contributed by atoms with E-state index in [1.54, 1.807) is 0 Å². The van der Waals surface area contributed by atoms with Crippen molar-refractivity contribution in [3.05, 3.63) is 34.1 Å². The summed E-state index contributed by atoms with van der Waals surface area (Å²) in [4.78, 5) is 21.4. The second-order valence-corrected chi connectivity index (χ2v) is 3.56. The standard InChI is InChI=1S/C9H7BrFNO3/c10-6-2-1-5(3-7(6)11)9(15)12-4-8(13)14/h1-3H,4H2,(H,12,15)(H,13,14). The van der Waals surface area contributed by atoms with E-state index in [0.717, 1.165) is 6.07 Å². The van der Waals surface area contributed by atoms with Crippen molar-refractivity contribution in [2.24, 2.45) is 0 Å². The minimum absolute atomic E-state index is 0.0805. The van der Waals surface area contributed by atoms with Crippen molar-refractivity contribution in [1.82, 2.24) is 5.32 Å². The summed E-state index contributed by atoms with van der Waals surface area (Å²) >= 11 is 2.94. The van der Waals surface area contributed by atoms with Gasteiger partial charge in [-0.05, 0) is 34.1 Å². The number of amides is 1. The van der Waals surface area contributed by atoms with Gasteiger partial charge < -0.3 is 10.4 Å². The first-order valence-corrected chi connectivity index (χ1v) is 4.75. The molecule has 0 aliphatic carbocycles. The van der Waals surface area contributed by atoms with E-state index in [-0.39, 0.29) is 10.0 Å². The fourth-order valence-electron chi connectivity index (χ4n) is 0.895. The zero-order chi connectivity index (χ0) is 11.4. The third kappa shape index (κ3) is 3.32. The third-order valence-corrected chi connectivity index (χ3v) is 2.23. The fourth-order valence-corrected chi connectivity index (χ4v) is 1.14. The van der Waals surface area contributed by atoms with E-state index >= 15 is 0 Å². The van der Waals surface area contributed by atoms with Crippen LogP contribution in [-0.4, -0.2) is 23.5 Å². The number of carboxylic acid groups (broad SMARTS) is 1. The topological polar surface area (TPSA) is 66.4 Å². The second-order valence-electron chi connectivity index (χ2n) is 2.71. The molecule has 0 aliphatic rings. The minimum Gasteiger partial charge on any atom is -0.480 e. The summed E-state index contributed by atoms with van der Waals surface area (Å²) in [6.45, 7) is -0.490. The van der Waals surface area contributed by atoms with Gasteiger partial charge in [-0.2, -0.15) is 0 Å². The molecule has 1 aromatic rings. The molecule has 0 aliphatic heterocycles. The van der Waals surface area contributed by atoms with Crippen LogP contribution in [0.15, 0.2) is 22.7 Å². The third-order valence-electron chi connectivity index (χ3n) is 1.58. The molecule has 0 aromatic heterocycles. The van der Waals surface area contributed by atoms with Crippen molar-refractivity contribution in [2.75, 3.05) is 6.54 Å². The van der Waals surface area contributed by atoms with Crippen LogP contribution in [0.2, 0.25) is 0 Å². The van der Waals surface area contributed by atoms with E-state index in [4.69, 9.17) is 5.11 Å². The highest BCUT2D eigenvalue weighted by Gasteiger charge is 2.09. The number of hydrogen-bond donors (Lipinski definition) is 2. The number of carboxylic acids is 1. The number of carbonyl (C=O) groups is 2. The van der Waals surface area contributed by atoms with E-state index in [1.807, 2.05) is 0 Å². The van der Waals surface area contributed by atoms with Crippen molar-refractivity contribution >= 4 is 27.8 Å². The number of nitrogens with one attached hydrogen (secondary N) is 1. The smallest absolute Gasteiger partial charge is 0.322 e. The van der Waals surface area contributed by atoms with E-state index in [2.05, 4.69) is 21.2 Å². The molecule has 0 fully saturated rings. The Hall–Kier alpha value is -1.43. The van der Waals surface area contributed by atoms with Crippen LogP contribution in [0.25, 0.3) is 0 Å². The highest BCUT2D eigenvalue weighted by Crippen LogP contribution is 2.16. The Morgan fingerprint density at radius 3 is 2.67 bits per heavy atom. The molecule has 15 heavy (non-hydrogen) atoms. The molecule has 0 saturated carbocycles. The van der Waals surface area contributed by atoms with Gasteiger partial charge in [0, 0.05) is 5.56 Å². The van der Waals surface area contributed by atoms with Crippen molar-refractivity contribution in [2.45, 2.75) is 0 Å². The van der Waals surface area contributed by atoms with Crippen LogP contribution in [0.1, 0.15) is 10.4 Å². The largest absolute Gasteiger partial charge is 0.480 e. The quantitative estimate of drug-likeness (QED) is 0.877. The molecule has 0 bridgehead atoms. The Bertz CT molecular complexity index is 408. The minimum atomic E-state index is -1.15. The SMILES string of the molecule is O=C(O)CNC(=O)c1ccc(Br)c(F)c1. The van der Waals surface area contributed by atoms with E-state index < -0.39 is 24.2 Å². The van der Waals surface area contributed by atoms with Crippen LogP contribution in [0, 0.1) is 5.82 Å². The Morgan fingerprint density at radius 2 is 2.13 bits per heavy atom. The first kappa shape index (κ1) is 11.6. The monoisotopic (exact) mass is 275 g/mol. The van der Waals surface area contributed by atoms with Gasteiger partial charge in [0.2, 0.25) is 0 Å². The molecular formula is C9H7BrFNO3. The van der Waals surface area contributed by atoms with Crippen molar-refractivity contribution in [1.29, 1.82) is 0 Å². The molecule has 4 nitrogen and oxygen atoms in total. The van der Waals surface area contributed by atoms with Gasteiger partial charge in [-0.25, -0.2) is 4.39 Å².